The van der Waals surface area contributed by atoms with Crippen molar-refractivity contribution in [2.75, 3.05) is 0 Å². The Morgan fingerprint density at radius 3 is 2.52 bits per heavy atom. The summed E-state index contributed by atoms with van der Waals surface area (Å²) in [4.78, 5) is 12.4. The molecule has 1 aromatic heterocycles. The molecule has 0 bridgehead atoms. The van der Waals surface area contributed by atoms with E-state index in [9.17, 15) is 9.00 Å². The van der Waals surface area contributed by atoms with Crippen LogP contribution in [0.3, 0.4) is 0 Å². The van der Waals surface area contributed by atoms with Crippen LogP contribution >= 0.6 is 11.6 Å². The van der Waals surface area contributed by atoms with Crippen molar-refractivity contribution in [1.82, 2.24) is 5.32 Å². The second kappa shape index (κ2) is 6.91. The van der Waals surface area contributed by atoms with Crippen LogP contribution < -0.4 is 5.32 Å². The minimum Gasteiger partial charge on any atom is -0.455 e. The molecule has 0 aliphatic heterocycles. The van der Waals surface area contributed by atoms with E-state index in [4.69, 9.17) is 16.0 Å². The smallest absolute Gasteiger partial charge is 0.287 e. The topological polar surface area (TPSA) is 59.3 Å². The van der Waals surface area contributed by atoms with Gasteiger partial charge in [0.05, 0.1) is 16.6 Å². The van der Waals surface area contributed by atoms with E-state index in [2.05, 4.69) is 5.32 Å². The summed E-state index contributed by atoms with van der Waals surface area (Å²) in [6.45, 7) is 3.74. The van der Waals surface area contributed by atoms with E-state index >= 15 is 0 Å². The van der Waals surface area contributed by atoms with Gasteiger partial charge >= 0.3 is 0 Å². The van der Waals surface area contributed by atoms with E-state index in [0.29, 0.717) is 15.7 Å². The first-order valence-electron chi connectivity index (χ1n) is 6.49. The van der Waals surface area contributed by atoms with Crippen LogP contribution in [0.15, 0.2) is 45.7 Å². The lowest BCUT2D eigenvalue weighted by Crippen LogP contribution is -2.29. The molecule has 0 saturated heterocycles. The minimum absolute atomic E-state index is 0.0363. The molecule has 0 aliphatic rings. The molecule has 2 rings (SSSR count). The lowest BCUT2D eigenvalue weighted by atomic mass is 10.3. The van der Waals surface area contributed by atoms with Crippen LogP contribution in [0.1, 0.15) is 30.2 Å². The van der Waals surface area contributed by atoms with E-state index in [1.165, 1.54) is 0 Å². The normalized spacial score (nSPS) is 12.4. The summed E-state index contributed by atoms with van der Waals surface area (Å²) in [5.74, 6) is 0.689. The van der Waals surface area contributed by atoms with Crippen molar-refractivity contribution >= 4 is 28.3 Å². The molecule has 0 spiro atoms. The molecular formula is C15H16ClNO3S. The summed E-state index contributed by atoms with van der Waals surface area (Å²) in [7, 11) is -1.24. The van der Waals surface area contributed by atoms with E-state index in [1.54, 1.807) is 36.4 Å². The van der Waals surface area contributed by atoms with Crippen molar-refractivity contribution in [3.8, 4) is 0 Å². The molecule has 0 saturated carbocycles. The Morgan fingerprint density at radius 1 is 1.24 bits per heavy atom. The zero-order valence-electron chi connectivity index (χ0n) is 11.8. The largest absolute Gasteiger partial charge is 0.455 e. The highest BCUT2D eigenvalue weighted by atomic mass is 35.5. The van der Waals surface area contributed by atoms with E-state index in [1.807, 2.05) is 13.8 Å². The number of furan rings is 1. The van der Waals surface area contributed by atoms with Crippen molar-refractivity contribution in [3.05, 3.63) is 52.9 Å². The highest BCUT2D eigenvalue weighted by Crippen LogP contribution is 2.17. The number of carbonyl (C=O) groups is 1. The van der Waals surface area contributed by atoms with Gasteiger partial charge in [0.25, 0.3) is 5.91 Å². The van der Waals surface area contributed by atoms with Crippen LogP contribution in [0.25, 0.3) is 0 Å². The van der Waals surface area contributed by atoms with Crippen molar-refractivity contribution < 1.29 is 13.4 Å². The van der Waals surface area contributed by atoms with Crippen LogP contribution in [0.5, 0.6) is 0 Å². The third-order valence-corrected chi connectivity index (χ3v) is 4.25. The molecule has 1 N–H and O–H groups in total. The van der Waals surface area contributed by atoms with Crippen LogP contribution in [0, 0.1) is 0 Å². The molecule has 0 unspecified atom stereocenters. The number of hydrogen-bond acceptors (Lipinski definition) is 3. The van der Waals surface area contributed by atoms with Gasteiger partial charge < -0.3 is 9.73 Å². The second-order valence-electron chi connectivity index (χ2n) is 4.84. The number of benzene rings is 1. The summed E-state index contributed by atoms with van der Waals surface area (Å²) in [5, 5.41) is 3.34. The molecule has 1 heterocycles. The van der Waals surface area contributed by atoms with E-state index in [0.717, 1.165) is 0 Å². The first kappa shape index (κ1) is 15.8. The molecule has 4 nitrogen and oxygen atoms in total. The predicted octanol–water partition coefficient (Wildman–Crippen LogP) is 3.38. The Hall–Kier alpha value is -1.59. The van der Waals surface area contributed by atoms with Gasteiger partial charge in [-0.15, -0.1) is 0 Å². The van der Waals surface area contributed by atoms with Gasteiger partial charge in [-0.05, 0) is 50.2 Å². The SMILES string of the molecule is CC(C)NC(=O)c1ccc(C[S@@](=O)c2ccc(Cl)cc2)o1. The lowest BCUT2D eigenvalue weighted by molar-refractivity contribution is 0.0913. The number of rotatable bonds is 5. The van der Waals surface area contributed by atoms with Gasteiger partial charge in [-0.3, -0.25) is 9.00 Å². The van der Waals surface area contributed by atoms with Crippen LogP contribution in [0.2, 0.25) is 5.02 Å². The molecule has 2 aromatic rings. The van der Waals surface area contributed by atoms with Crippen LogP contribution in [-0.4, -0.2) is 16.2 Å². The Labute approximate surface area is 130 Å². The fraction of sp³-hybridized carbons (Fsp3) is 0.267. The number of nitrogens with one attached hydrogen (secondary N) is 1. The van der Waals surface area contributed by atoms with Crippen molar-refractivity contribution in [2.24, 2.45) is 0 Å². The molecule has 112 valence electrons. The standard InChI is InChI=1S/C15H16ClNO3S/c1-10(2)17-15(18)14-8-5-12(20-14)9-21(19)13-6-3-11(16)4-7-13/h3-8,10H,9H2,1-2H3,(H,17,18)/t21-/m1/s1. The van der Waals surface area contributed by atoms with Crippen molar-refractivity contribution in [2.45, 2.75) is 30.5 Å². The zero-order chi connectivity index (χ0) is 15.4. The monoisotopic (exact) mass is 325 g/mol. The van der Waals surface area contributed by atoms with Gasteiger partial charge in [0.15, 0.2) is 5.76 Å². The van der Waals surface area contributed by atoms with Gasteiger partial charge in [0.1, 0.15) is 5.76 Å². The predicted molar refractivity (Wildman–Crippen MR) is 82.9 cm³/mol. The fourth-order valence-corrected chi connectivity index (χ4v) is 2.86. The van der Waals surface area contributed by atoms with Gasteiger partial charge in [0.2, 0.25) is 0 Å². The molecule has 1 atom stereocenters. The Bertz CT molecular complexity index is 649. The second-order valence-corrected chi connectivity index (χ2v) is 6.73. The zero-order valence-corrected chi connectivity index (χ0v) is 13.3. The van der Waals surface area contributed by atoms with Gasteiger partial charge in [-0.1, -0.05) is 11.6 Å². The minimum atomic E-state index is -1.24. The molecular weight excluding hydrogens is 310 g/mol. The number of amides is 1. The van der Waals surface area contributed by atoms with Crippen molar-refractivity contribution in [1.29, 1.82) is 0 Å². The third-order valence-electron chi connectivity index (χ3n) is 2.66. The molecule has 21 heavy (non-hydrogen) atoms. The number of hydrogen-bond donors (Lipinski definition) is 1. The van der Waals surface area contributed by atoms with Crippen molar-refractivity contribution in [3.63, 3.8) is 0 Å². The van der Waals surface area contributed by atoms with Gasteiger partial charge in [0, 0.05) is 16.0 Å². The average molecular weight is 326 g/mol. The fourth-order valence-electron chi connectivity index (χ4n) is 1.71. The van der Waals surface area contributed by atoms with Crippen LogP contribution in [-0.2, 0) is 16.6 Å². The number of carbonyl (C=O) groups excluding carboxylic acids is 1. The molecule has 0 fully saturated rings. The maximum atomic E-state index is 12.2. The quantitative estimate of drug-likeness (QED) is 0.916. The Kier molecular flexibility index (Phi) is 5.20. The van der Waals surface area contributed by atoms with Gasteiger partial charge in [-0.2, -0.15) is 0 Å². The van der Waals surface area contributed by atoms with Gasteiger partial charge in [-0.25, -0.2) is 0 Å². The summed E-state index contributed by atoms with van der Waals surface area (Å²) in [5.41, 5.74) is 0. The third kappa shape index (κ3) is 4.44. The summed E-state index contributed by atoms with van der Waals surface area (Å²) >= 11 is 5.79. The summed E-state index contributed by atoms with van der Waals surface area (Å²) < 4.78 is 17.6. The van der Waals surface area contributed by atoms with E-state index < -0.39 is 10.8 Å². The first-order valence-corrected chi connectivity index (χ1v) is 8.19. The highest BCUT2D eigenvalue weighted by molar-refractivity contribution is 7.84. The average Bonchev–Trinajstić information content (AvgIpc) is 2.87. The van der Waals surface area contributed by atoms with Crippen LogP contribution in [0.4, 0.5) is 0 Å². The first-order chi connectivity index (χ1) is 9.95. The Morgan fingerprint density at radius 2 is 1.90 bits per heavy atom. The maximum Gasteiger partial charge on any atom is 0.287 e. The molecule has 6 heteroatoms. The summed E-state index contributed by atoms with van der Waals surface area (Å²) in [6.07, 6.45) is 0. The maximum absolute atomic E-state index is 12.2. The highest BCUT2D eigenvalue weighted by Gasteiger charge is 2.14. The molecule has 1 amide bonds. The molecule has 1 aromatic carbocycles. The summed E-state index contributed by atoms with van der Waals surface area (Å²) in [6, 6.07) is 10.1. The number of halogens is 1. The molecule has 0 radical (unpaired) electrons. The van der Waals surface area contributed by atoms with E-state index in [-0.39, 0.29) is 23.5 Å². The molecule has 0 aliphatic carbocycles. The lowest BCUT2D eigenvalue weighted by Gasteiger charge is -2.05. The Balaban J connectivity index is 2.03.